The van der Waals surface area contributed by atoms with Crippen molar-refractivity contribution in [2.45, 2.75) is 46.6 Å². The lowest BCUT2D eigenvalue weighted by atomic mass is 9.85. The molecular formula is C28H39N7O2. The number of hydrogen-bond acceptors (Lipinski definition) is 7. The maximum atomic E-state index is 13.4. The summed E-state index contributed by atoms with van der Waals surface area (Å²) in [5, 5.41) is 11.9. The maximum absolute atomic E-state index is 13.4. The first-order chi connectivity index (χ1) is 17.4. The predicted molar refractivity (Wildman–Crippen MR) is 150 cm³/mol. The fourth-order valence-corrected chi connectivity index (χ4v) is 4.07. The predicted octanol–water partition coefficient (Wildman–Crippen LogP) is 3.95. The van der Waals surface area contributed by atoms with Crippen LogP contribution in [-0.4, -0.2) is 29.8 Å². The highest BCUT2D eigenvalue weighted by Gasteiger charge is 2.21. The van der Waals surface area contributed by atoms with E-state index in [9.17, 15) is 4.79 Å². The number of ether oxygens (including phenoxy) is 1. The lowest BCUT2D eigenvalue weighted by molar-refractivity contribution is 0.102. The van der Waals surface area contributed by atoms with Crippen molar-refractivity contribution in [3.8, 4) is 5.75 Å². The fourth-order valence-electron chi connectivity index (χ4n) is 4.07. The molecule has 6 N–H and O–H groups in total. The molecule has 198 valence electrons. The highest BCUT2D eigenvalue weighted by atomic mass is 16.5. The molecule has 1 heterocycles. The van der Waals surface area contributed by atoms with Crippen LogP contribution in [0, 0.1) is 13.8 Å². The highest BCUT2D eigenvalue weighted by Crippen LogP contribution is 2.36. The first kappa shape index (κ1) is 27.8. The molecule has 0 unspecified atom stereocenters. The van der Waals surface area contributed by atoms with Crippen molar-refractivity contribution in [1.29, 1.82) is 0 Å². The van der Waals surface area contributed by atoms with Crippen molar-refractivity contribution in [3.05, 3.63) is 76.2 Å². The van der Waals surface area contributed by atoms with Crippen molar-refractivity contribution in [3.63, 3.8) is 0 Å². The third-order valence-electron chi connectivity index (χ3n) is 6.43. The minimum absolute atomic E-state index is 0.107. The normalized spacial score (nSPS) is 12.0. The minimum atomic E-state index is -0.269. The molecule has 9 heteroatoms. The molecule has 0 aliphatic heterocycles. The van der Waals surface area contributed by atoms with Crippen LogP contribution in [-0.2, 0) is 19.0 Å². The zero-order valence-electron chi connectivity index (χ0n) is 23.1. The molecule has 0 atom stereocenters. The average Bonchev–Trinajstić information content (AvgIpc) is 3.16. The van der Waals surface area contributed by atoms with Crippen LogP contribution in [0.15, 0.2) is 42.7 Å². The van der Waals surface area contributed by atoms with Gasteiger partial charge in [-0.15, -0.1) is 0 Å². The van der Waals surface area contributed by atoms with Crippen LogP contribution in [0.25, 0.3) is 5.70 Å². The topological polar surface area (TPSA) is 123 Å². The van der Waals surface area contributed by atoms with Crippen LogP contribution in [0.5, 0.6) is 5.75 Å². The van der Waals surface area contributed by atoms with E-state index in [4.69, 9.17) is 16.3 Å². The molecule has 0 saturated carbocycles. The first-order valence-corrected chi connectivity index (χ1v) is 12.2. The summed E-state index contributed by atoms with van der Waals surface area (Å²) < 4.78 is 7.45. The van der Waals surface area contributed by atoms with Gasteiger partial charge in [0, 0.05) is 42.2 Å². The van der Waals surface area contributed by atoms with Crippen LogP contribution in [0.1, 0.15) is 59.1 Å². The number of nitrogens with two attached hydrogens (primary N) is 2. The summed E-state index contributed by atoms with van der Waals surface area (Å²) in [4.78, 5) is 13.4. The molecule has 3 rings (SSSR count). The number of nitrogens with one attached hydrogen (secondary N) is 2. The highest BCUT2D eigenvalue weighted by molar-refractivity contribution is 6.06. The number of benzene rings is 2. The fraction of sp³-hybridized carbons (Fsp3) is 0.357. The van der Waals surface area contributed by atoms with Gasteiger partial charge in [0.05, 0.1) is 30.4 Å². The Balaban J connectivity index is 1.95. The quantitative estimate of drug-likeness (QED) is 0.270. The molecule has 0 aliphatic carbocycles. The number of hydrogen-bond donors (Lipinski definition) is 4. The summed E-state index contributed by atoms with van der Waals surface area (Å²) in [5.41, 5.74) is 13.1. The van der Waals surface area contributed by atoms with Crippen molar-refractivity contribution in [1.82, 2.24) is 15.1 Å². The van der Waals surface area contributed by atoms with Crippen LogP contribution < -0.4 is 32.0 Å². The van der Waals surface area contributed by atoms with Crippen molar-refractivity contribution in [2.24, 2.45) is 18.6 Å². The third kappa shape index (κ3) is 6.12. The lowest BCUT2D eigenvalue weighted by Gasteiger charge is -2.24. The molecule has 0 saturated heterocycles. The first-order valence-electron chi connectivity index (χ1n) is 12.2. The molecule has 1 aromatic heterocycles. The lowest BCUT2D eigenvalue weighted by Crippen LogP contribution is -2.27. The Bertz CT molecular complexity index is 1320. The van der Waals surface area contributed by atoms with Gasteiger partial charge in [-0.1, -0.05) is 32.9 Å². The maximum Gasteiger partial charge on any atom is 0.255 e. The smallest absolute Gasteiger partial charge is 0.255 e. The Kier molecular flexibility index (Phi) is 8.30. The zero-order chi connectivity index (χ0) is 27.5. The van der Waals surface area contributed by atoms with Gasteiger partial charge >= 0.3 is 0 Å². The number of hydrazine groups is 1. The molecule has 1 amide bonds. The number of carbonyl (C=O) groups excluding carboxylic acids is 1. The van der Waals surface area contributed by atoms with Gasteiger partial charge in [-0.3, -0.25) is 14.5 Å². The van der Waals surface area contributed by atoms with Gasteiger partial charge in [0.25, 0.3) is 5.91 Å². The zero-order valence-corrected chi connectivity index (χ0v) is 23.1. The molecule has 0 spiro atoms. The van der Waals surface area contributed by atoms with E-state index in [1.807, 2.05) is 40.1 Å². The van der Waals surface area contributed by atoms with Gasteiger partial charge in [0.15, 0.2) is 0 Å². The average molecular weight is 506 g/mol. The summed E-state index contributed by atoms with van der Waals surface area (Å²) in [7, 11) is 5.34. The number of methoxy groups -OCH3 is 1. The molecule has 3 aromatic rings. The molecule has 0 bridgehead atoms. The summed E-state index contributed by atoms with van der Waals surface area (Å²) in [5.74, 6) is 6.73. The van der Waals surface area contributed by atoms with Gasteiger partial charge in [-0.25, -0.2) is 5.84 Å². The van der Waals surface area contributed by atoms with E-state index in [2.05, 4.69) is 42.6 Å². The number of aromatic nitrogens is 2. The van der Waals surface area contributed by atoms with E-state index in [0.29, 0.717) is 34.9 Å². The van der Waals surface area contributed by atoms with Crippen LogP contribution in [0.3, 0.4) is 0 Å². The van der Waals surface area contributed by atoms with E-state index in [0.717, 1.165) is 27.9 Å². The summed E-state index contributed by atoms with van der Waals surface area (Å²) in [6.07, 6.45) is 3.33. The molecule has 0 fully saturated rings. The SMILES string of the molecule is CNCc1cc(C(C)(C)C)cc(NC(=O)c2ccc(C)c(N(N)/C=C(\N)c3cnn(C)c3C)c2)c1OC. The summed E-state index contributed by atoms with van der Waals surface area (Å²) >= 11 is 0. The monoisotopic (exact) mass is 505 g/mol. The largest absolute Gasteiger partial charge is 0.494 e. The molecule has 2 aromatic carbocycles. The second kappa shape index (κ2) is 11.1. The van der Waals surface area contributed by atoms with Gasteiger partial charge in [0.2, 0.25) is 0 Å². The number of rotatable bonds is 8. The third-order valence-corrected chi connectivity index (χ3v) is 6.43. The Labute approximate surface area is 219 Å². The minimum Gasteiger partial charge on any atom is -0.494 e. The van der Waals surface area contributed by atoms with Gasteiger partial charge in [-0.05, 0) is 55.6 Å². The molecule has 0 aliphatic rings. The van der Waals surface area contributed by atoms with E-state index < -0.39 is 0 Å². The molecule has 9 nitrogen and oxygen atoms in total. The number of aryl methyl sites for hydroxylation is 2. The second-order valence-electron chi connectivity index (χ2n) is 10.2. The Morgan fingerprint density at radius 3 is 2.49 bits per heavy atom. The molecule has 37 heavy (non-hydrogen) atoms. The number of nitrogens with zero attached hydrogens (tertiary/aromatic N) is 3. The summed E-state index contributed by atoms with van der Waals surface area (Å²) in [6, 6.07) is 9.47. The van der Waals surface area contributed by atoms with Crippen molar-refractivity contribution in [2.75, 3.05) is 24.5 Å². The Morgan fingerprint density at radius 1 is 1.22 bits per heavy atom. The van der Waals surface area contributed by atoms with Crippen LogP contribution in [0.2, 0.25) is 0 Å². The van der Waals surface area contributed by atoms with Crippen LogP contribution >= 0.6 is 0 Å². The van der Waals surface area contributed by atoms with E-state index in [1.165, 1.54) is 5.01 Å². The number of carbonyl (C=O) groups is 1. The molecule has 0 radical (unpaired) electrons. The molecular weight excluding hydrogens is 466 g/mol. The van der Waals surface area contributed by atoms with Crippen molar-refractivity contribution < 1.29 is 9.53 Å². The standard InChI is InChI=1S/C28H39N7O2/c1-17-9-10-19(12-25(17)35(30)16-23(29)22-15-32-34(7)18(22)2)27(36)33-24-13-21(28(3,4)5)11-20(14-31-6)26(24)37-8/h9-13,15-16,31H,14,29-30H2,1-8H3,(H,33,36)/b23-16-. The van der Waals surface area contributed by atoms with E-state index in [1.54, 1.807) is 36.3 Å². The van der Waals surface area contributed by atoms with E-state index in [-0.39, 0.29) is 11.3 Å². The Morgan fingerprint density at radius 2 is 1.92 bits per heavy atom. The van der Waals surface area contributed by atoms with E-state index >= 15 is 0 Å². The second-order valence-corrected chi connectivity index (χ2v) is 10.2. The van der Waals surface area contributed by atoms with Gasteiger partial charge in [-0.2, -0.15) is 5.10 Å². The van der Waals surface area contributed by atoms with Gasteiger partial charge < -0.3 is 21.1 Å². The summed E-state index contributed by atoms with van der Waals surface area (Å²) in [6.45, 7) is 10.9. The number of amides is 1. The van der Waals surface area contributed by atoms with Crippen molar-refractivity contribution >= 4 is 23.0 Å². The van der Waals surface area contributed by atoms with Crippen LogP contribution in [0.4, 0.5) is 11.4 Å². The Hall–Kier alpha value is -3.82. The number of anilines is 2. The van der Waals surface area contributed by atoms with Gasteiger partial charge in [0.1, 0.15) is 5.75 Å².